The lowest BCUT2D eigenvalue weighted by atomic mass is 9.94. The molecule has 0 aliphatic carbocycles. The minimum atomic E-state index is -0.773. The number of aliphatic hydroxyl groups is 1. The second kappa shape index (κ2) is 5.93. The number of aryl methyl sites for hydroxylation is 1. The molecule has 1 heterocycles. The Morgan fingerprint density at radius 2 is 2.14 bits per heavy atom. The van der Waals surface area contributed by atoms with Crippen molar-refractivity contribution in [3.8, 4) is 0 Å². The first kappa shape index (κ1) is 15.6. The lowest BCUT2D eigenvalue weighted by Crippen LogP contribution is -2.35. The van der Waals surface area contributed by atoms with Crippen LogP contribution in [0.15, 0.2) is 12.1 Å². The first-order chi connectivity index (χ1) is 9.77. The largest absolute Gasteiger partial charge is 0.397 e. The summed E-state index contributed by atoms with van der Waals surface area (Å²) in [5, 5.41) is 16.4. The van der Waals surface area contributed by atoms with Gasteiger partial charge in [0.25, 0.3) is 0 Å². The molecule has 1 aliphatic rings. The third kappa shape index (κ3) is 4.11. The Morgan fingerprint density at radius 1 is 1.43 bits per heavy atom. The number of carbonyl (C=O) groups is 1. The van der Waals surface area contributed by atoms with Crippen molar-refractivity contribution in [2.45, 2.75) is 45.6 Å². The zero-order valence-corrected chi connectivity index (χ0v) is 13.0. The molecule has 1 unspecified atom stereocenters. The predicted octanol–water partition coefficient (Wildman–Crippen LogP) is 2.36. The molecular formula is C16H25N3O2. The molecule has 0 radical (unpaired) electrons. The van der Waals surface area contributed by atoms with Crippen molar-refractivity contribution in [3.05, 3.63) is 17.7 Å². The van der Waals surface area contributed by atoms with Gasteiger partial charge in [0.05, 0.1) is 17.0 Å². The van der Waals surface area contributed by atoms with Crippen LogP contribution in [0.5, 0.6) is 0 Å². The minimum absolute atomic E-state index is 0.0301. The number of amides is 1. The monoisotopic (exact) mass is 291 g/mol. The van der Waals surface area contributed by atoms with E-state index in [2.05, 4.69) is 24.5 Å². The normalized spacial score (nSPS) is 17.1. The standard InChI is InChI=1S/C16H25N3O2/c1-10(2)8-16(3,21)9-18-14-6-11-4-5-15(20)19-13(11)7-12(14)17/h6-7,10,18,21H,4-5,8-9,17H2,1-3H3,(H,19,20). The molecule has 0 spiro atoms. The Kier molecular flexibility index (Phi) is 4.42. The van der Waals surface area contributed by atoms with Crippen molar-refractivity contribution in [2.75, 3.05) is 22.9 Å². The molecule has 0 aromatic heterocycles. The van der Waals surface area contributed by atoms with E-state index in [-0.39, 0.29) is 5.91 Å². The van der Waals surface area contributed by atoms with Crippen LogP contribution in [0, 0.1) is 5.92 Å². The lowest BCUT2D eigenvalue weighted by Gasteiger charge is -2.27. The van der Waals surface area contributed by atoms with Crippen LogP contribution in [0.3, 0.4) is 0 Å². The summed E-state index contributed by atoms with van der Waals surface area (Å²) >= 11 is 0. The van der Waals surface area contributed by atoms with E-state index in [4.69, 9.17) is 5.73 Å². The quantitative estimate of drug-likeness (QED) is 0.627. The highest BCUT2D eigenvalue weighted by molar-refractivity contribution is 5.95. The summed E-state index contributed by atoms with van der Waals surface area (Å²) in [4.78, 5) is 11.4. The van der Waals surface area contributed by atoms with Gasteiger partial charge in [-0.25, -0.2) is 0 Å². The molecule has 0 bridgehead atoms. The van der Waals surface area contributed by atoms with Gasteiger partial charge in [-0.1, -0.05) is 13.8 Å². The molecule has 5 heteroatoms. The van der Waals surface area contributed by atoms with Crippen molar-refractivity contribution < 1.29 is 9.90 Å². The van der Waals surface area contributed by atoms with E-state index in [0.29, 0.717) is 24.6 Å². The van der Waals surface area contributed by atoms with Crippen LogP contribution in [0.2, 0.25) is 0 Å². The molecule has 0 fully saturated rings. The SMILES string of the molecule is CC(C)CC(C)(O)CNc1cc2c(cc1N)NC(=O)CC2. The maximum absolute atomic E-state index is 11.4. The molecule has 1 amide bonds. The van der Waals surface area contributed by atoms with Gasteiger partial charge in [0, 0.05) is 18.7 Å². The summed E-state index contributed by atoms with van der Waals surface area (Å²) in [7, 11) is 0. The fourth-order valence-corrected chi connectivity index (χ4v) is 2.84. The molecule has 1 aromatic carbocycles. The summed E-state index contributed by atoms with van der Waals surface area (Å²) in [5.74, 6) is 0.459. The van der Waals surface area contributed by atoms with Crippen LogP contribution in [0.1, 0.15) is 39.2 Å². The third-order valence-electron chi connectivity index (χ3n) is 3.68. The van der Waals surface area contributed by atoms with Crippen LogP contribution in [0.4, 0.5) is 17.1 Å². The fourth-order valence-electron chi connectivity index (χ4n) is 2.84. The highest BCUT2D eigenvalue weighted by atomic mass is 16.3. The third-order valence-corrected chi connectivity index (χ3v) is 3.68. The van der Waals surface area contributed by atoms with Crippen LogP contribution in [-0.2, 0) is 11.2 Å². The topological polar surface area (TPSA) is 87.4 Å². The van der Waals surface area contributed by atoms with E-state index in [9.17, 15) is 9.90 Å². The van der Waals surface area contributed by atoms with Crippen LogP contribution >= 0.6 is 0 Å². The number of nitrogens with one attached hydrogen (secondary N) is 2. The van der Waals surface area contributed by atoms with Crippen LogP contribution in [0.25, 0.3) is 0 Å². The van der Waals surface area contributed by atoms with Gasteiger partial charge >= 0.3 is 0 Å². The van der Waals surface area contributed by atoms with Gasteiger partial charge in [-0.3, -0.25) is 4.79 Å². The number of fused-ring (bicyclic) bond motifs is 1. The summed E-state index contributed by atoms with van der Waals surface area (Å²) in [6, 6.07) is 3.75. The van der Waals surface area contributed by atoms with E-state index in [1.807, 2.05) is 13.0 Å². The molecule has 1 aliphatic heterocycles. The molecule has 116 valence electrons. The van der Waals surface area contributed by atoms with E-state index < -0.39 is 5.60 Å². The molecule has 1 aromatic rings. The maximum atomic E-state index is 11.4. The summed E-state index contributed by atoms with van der Waals surface area (Å²) in [5.41, 5.74) is 8.52. The zero-order chi connectivity index (χ0) is 15.6. The summed E-state index contributed by atoms with van der Waals surface area (Å²) in [6.45, 7) is 6.45. The highest BCUT2D eigenvalue weighted by Gasteiger charge is 2.22. The van der Waals surface area contributed by atoms with Crippen molar-refractivity contribution in [3.63, 3.8) is 0 Å². The van der Waals surface area contributed by atoms with Gasteiger partial charge in [0.1, 0.15) is 0 Å². The second-order valence-corrected chi connectivity index (χ2v) is 6.59. The number of rotatable bonds is 5. The zero-order valence-electron chi connectivity index (χ0n) is 13.0. The highest BCUT2D eigenvalue weighted by Crippen LogP contribution is 2.31. The van der Waals surface area contributed by atoms with E-state index in [1.54, 1.807) is 6.07 Å². The fraction of sp³-hybridized carbons (Fsp3) is 0.562. The number of anilines is 3. The van der Waals surface area contributed by atoms with Crippen molar-refractivity contribution in [2.24, 2.45) is 5.92 Å². The van der Waals surface area contributed by atoms with Crippen LogP contribution in [-0.4, -0.2) is 23.2 Å². The minimum Gasteiger partial charge on any atom is -0.397 e. The van der Waals surface area contributed by atoms with Crippen molar-refractivity contribution in [1.29, 1.82) is 0 Å². The van der Waals surface area contributed by atoms with E-state index in [1.165, 1.54) is 0 Å². The average molecular weight is 291 g/mol. The molecule has 0 saturated carbocycles. The molecule has 21 heavy (non-hydrogen) atoms. The first-order valence-corrected chi connectivity index (χ1v) is 7.45. The number of hydrogen-bond acceptors (Lipinski definition) is 4. The predicted molar refractivity (Wildman–Crippen MR) is 86.4 cm³/mol. The van der Waals surface area contributed by atoms with Gasteiger partial charge in [-0.05, 0) is 43.4 Å². The summed E-state index contributed by atoms with van der Waals surface area (Å²) in [6.07, 6.45) is 1.95. The van der Waals surface area contributed by atoms with Gasteiger partial charge < -0.3 is 21.5 Å². The molecule has 1 atom stereocenters. The van der Waals surface area contributed by atoms with Gasteiger partial charge in [0.15, 0.2) is 0 Å². The van der Waals surface area contributed by atoms with E-state index in [0.717, 1.165) is 29.8 Å². The van der Waals surface area contributed by atoms with E-state index >= 15 is 0 Å². The van der Waals surface area contributed by atoms with Gasteiger partial charge in [-0.2, -0.15) is 0 Å². The number of nitrogen functional groups attached to an aromatic ring is 1. The molecule has 2 rings (SSSR count). The Bertz CT molecular complexity index is 539. The molecular weight excluding hydrogens is 266 g/mol. The summed E-state index contributed by atoms with van der Waals surface area (Å²) < 4.78 is 0. The number of benzene rings is 1. The number of carbonyl (C=O) groups excluding carboxylic acids is 1. The molecule has 0 saturated heterocycles. The maximum Gasteiger partial charge on any atom is 0.224 e. The average Bonchev–Trinajstić information content (AvgIpc) is 2.34. The van der Waals surface area contributed by atoms with Crippen molar-refractivity contribution in [1.82, 2.24) is 0 Å². The second-order valence-electron chi connectivity index (χ2n) is 6.59. The Hall–Kier alpha value is -1.75. The van der Waals surface area contributed by atoms with Crippen LogP contribution < -0.4 is 16.4 Å². The van der Waals surface area contributed by atoms with Gasteiger partial charge in [0.2, 0.25) is 5.91 Å². The number of hydrogen-bond donors (Lipinski definition) is 4. The number of nitrogens with two attached hydrogens (primary N) is 1. The Balaban J connectivity index is 2.09. The lowest BCUT2D eigenvalue weighted by molar-refractivity contribution is -0.116. The smallest absolute Gasteiger partial charge is 0.224 e. The molecule has 5 nitrogen and oxygen atoms in total. The van der Waals surface area contributed by atoms with Gasteiger partial charge in [-0.15, -0.1) is 0 Å². The first-order valence-electron chi connectivity index (χ1n) is 7.45. The Morgan fingerprint density at radius 3 is 2.81 bits per heavy atom. The Labute approximate surface area is 125 Å². The molecule has 5 N–H and O–H groups in total. The van der Waals surface area contributed by atoms with Crippen molar-refractivity contribution >= 4 is 23.0 Å².